The second kappa shape index (κ2) is 11.9. The van der Waals surface area contributed by atoms with Crippen LogP contribution in [0.2, 0.25) is 0 Å². The Morgan fingerprint density at radius 1 is 0.970 bits per heavy atom. The van der Waals surface area contributed by atoms with E-state index in [1.165, 1.54) is 5.56 Å². The first-order valence-electron chi connectivity index (χ1n) is 10.6. The summed E-state index contributed by atoms with van der Waals surface area (Å²) in [5, 5.41) is 4.30. The molecule has 0 aliphatic rings. The molecule has 4 aromatic rings. The van der Waals surface area contributed by atoms with Gasteiger partial charge in [0.2, 0.25) is 0 Å². The Bertz CT molecular complexity index is 1230. The summed E-state index contributed by atoms with van der Waals surface area (Å²) < 4.78 is 9.26. The quantitative estimate of drug-likeness (QED) is 0.201. The fourth-order valence-electron chi connectivity index (χ4n) is 3.47. The third-order valence-electron chi connectivity index (χ3n) is 5.27. The zero-order chi connectivity index (χ0) is 22.3. The van der Waals surface area contributed by atoms with Crippen LogP contribution in [0, 0.1) is 0 Å². The van der Waals surface area contributed by atoms with Crippen molar-refractivity contribution in [3.63, 3.8) is 0 Å². The Morgan fingerprint density at radius 2 is 1.67 bits per heavy atom. The summed E-state index contributed by atoms with van der Waals surface area (Å²) in [6.07, 6.45) is 4.60. The summed E-state index contributed by atoms with van der Waals surface area (Å²) in [5.41, 5.74) is 4.06. The summed E-state index contributed by atoms with van der Waals surface area (Å²) in [6.45, 7) is 2.23. The summed E-state index contributed by atoms with van der Waals surface area (Å²) >= 11 is 1.68. The van der Waals surface area contributed by atoms with E-state index in [0.717, 1.165) is 52.8 Å². The summed E-state index contributed by atoms with van der Waals surface area (Å²) in [6, 6.07) is 16.0. The zero-order valence-corrected chi connectivity index (χ0v) is 20.3. The Labute approximate surface area is 203 Å². The normalized spacial score (nSPS) is 10.8. The van der Waals surface area contributed by atoms with Crippen LogP contribution in [0.4, 0.5) is 0 Å². The van der Waals surface area contributed by atoms with E-state index in [-0.39, 0.29) is 18.1 Å². The van der Waals surface area contributed by atoms with Gasteiger partial charge >= 0.3 is 5.69 Å². The Morgan fingerprint density at radius 3 is 2.42 bits per heavy atom. The molecule has 9 heteroatoms. The molecular weight excluding hydrogens is 458 g/mol. The van der Waals surface area contributed by atoms with Crippen LogP contribution >= 0.6 is 11.8 Å². The van der Waals surface area contributed by atoms with Gasteiger partial charge in [0.05, 0.1) is 11.0 Å². The van der Waals surface area contributed by atoms with Crippen molar-refractivity contribution in [3.05, 3.63) is 82.5 Å². The van der Waals surface area contributed by atoms with Gasteiger partial charge in [-0.2, -0.15) is 0 Å². The van der Waals surface area contributed by atoms with Crippen molar-refractivity contribution in [2.24, 2.45) is 14.1 Å². The number of nitrogens with zero attached hydrogens (tertiary/aromatic N) is 4. The van der Waals surface area contributed by atoms with Crippen molar-refractivity contribution in [2.75, 3.05) is 12.3 Å². The van der Waals surface area contributed by atoms with Crippen LogP contribution in [-0.2, 0) is 27.2 Å². The fraction of sp³-hybridized carbons (Fsp3) is 0.292. The molecule has 0 aliphatic carbocycles. The molecule has 2 aromatic carbocycles. The molecule has 1 N–H and O–H groups in total. The van der Waals surface area contributed by atoms with Crippen LogP contribution in [0.5, 0.6) is 5.75 Å². The summed E-state index contributed by atoms with van der Waals surface area (Å²) in [5.74, 6) is 1.82. The van der Waals surface area contributed by atoms with Crippen LogP contribution in [-0.4, -0.2) is 31.4 Å². The molecule has 0 fully saturated rings. The van der Waals surface area contributed by atoms with Crippen LogP contribution < -0.4 is 28.2 Å². The molecule has 0 aliphatic heterocycles. The first-order valence-corrected chi connectivity index (χ1v) is 11.6. The fourth-order valence-corrected chi connectivity index (χ4v) is 4.21. The molecular formula is C24H27ClN5O2S-. The van der Waals surface area contributed by atoms with Gasteiger partial charge in [-0.1, -0.05) is 30.0 Å². The molecule has 4 rings (SSSR count). The number of aromatic nitrogens is 4. The maximum atomic E-state index is 12.1. The third kappa shape index (κ3) is 6.37. The topological polar surface area (TPSA) is 74.0 Å². The van der Waals surface area contributed by atoms with Crippen LogP contribution in [0.3, 0.4) is 0 Å². The van der Waals surface area contributed by atoms with E-state index in [9.17, 15) is 4.79 Å². The number of hydrogen-bond donors (Lipinski definition) is 1. The van der Waals surface area contributed by atoms with Crippen LogP contribution in [0.25, 0.3) is 11.0 Å². The number of halogens is 1. The molecule has 0 atom stereocenters. The standard InChI is InChI=1S/C24H27N5O2S.ClH/c1-28-21-10-7-19(15-22(21)29(2)24(28)30)17-31-20-8-5-18(6-9-20)16-25-11-4-14-32-23-26-12-3-13-27-23;/h3,5-10,12-13,15,25H,4,11,14,16-17H2,1-2H3;1H/p-1. The average molecular weight is 485 g/mol. The number of fused-ring (bicyclic) bond motifs is 1. The minimum Gasteiger partial charge on any atom is -1.00 e. The maximum absolute atomic E-state index is 12.1. The lowest BCUT2D eigenvalue weighted by Gasteiger charge is -2.09. The van der Waals surface area contributed by atoms with E-state index in [2.05, 4.69) is 27.4 Å². The van der Waals surface area contributed by atoms with Gasteiger partial charge in [-0.15, -0.1) is 0 Å². The average Bonchev–Trinajstić information content (AvgIpc) is 3.05. The van der Waals surface area contributed by atoms with Crippen molar-refractivity contribution in [3.8, 4) is 5.75 Å². The van der Waals surface area contributed by atoms with Gasteiger partial charge in [0.25, 0.3) is 0 Å². The van der Waals surface area contributed by atoms with Crippen molar-refractivity contribution in [1.29, 1.82) is 0 Å². The Balaban J connectivity index is 0.00000306. The third-order valence-corrected chi connectivity index (χ3v) is 6.23. The molecule has 174 valence electrons. The number of rotatable bonds is 10. The predicted molar refractivity (Wildman–Crippen MR) is 128 cm³/mol. The zero-order valence-electron chi connectivity index (χ0n) is 18.7. The van der Waals surface area contributed by atoms with Gasteiger partial charge in [0.1, 0.15) is 12.4 Å². The summed E-state index contributed by atoms with van der Waals surface area (Å²) in [7, 11) is 3.58. The molecule has 0 bridgehead atoms. The summed E-state index contributed by atoms with van der Waals surface area (Å²) in [4.78, 5) is 20.5. The van der Waals surface area contributed by atoms with E-state index in [1.54, 1.807) is 47.4 Å². The second-order valence-corrected chi connectivity index (χ2v) is 8.63. The van der Waals surface area contributed by atoms with Gasteiger partial charge in [-0.05, 0) is 54.4 Å². The van der Waals surface area contributed by atoms with Gasteiger partial charge in [0.15, 0.2) is 5.16 Å². The highest BCUT2D eigenvalue weighted by molar-refractivity contribution is 7.99. The highest BCUT2D eigenvalue weighted by atomic mass is 35.5. The van der Waals surface area contributed by atoms with E-state index in [4.69, 9.17) is 4.74 Å². The van der Waals surface area contributed by atoms with Crippen LogP contribution in [0.1, 0.15) is 17.5 Å². The van der Waals surface area contributed by atoms with Gasteiger partial charge < -0.3 is 22.5 Å². The molecule has 33 heavy (non-hydrogen) atoms. The molecule has 2 aromatic heterocycles. The number of aryl methyl sites for hydroxylation is 2. The highest BCUT2D eigenvalue weighted by Gasteiger charge is 2.08. The lowest BCUT2D eigenvalue weighted by molar-refractivity contribution is -0.00000707. The first kappa shape index (κ1) is 24.8. The second-order valence-electron chi connectivity index (χ2n) is 7.57. The molecule has 2 heterocycles. The van der Waals surface area contributed by atoms with E-state index < -0.39 is 0 Å². The van der Waals surface area contributed by atoms with Gasteiger partial charge in [-0.25, -0.2) is 14.8 Å². The van der Waals surface area contributed by atoms with Crippen molar-refractivity contribution in [2.45, 2.75) is 24.7 Å². The molecule has 0 amide bonds. The molecule has 0 spiro atoms. The van der Waals surface area contributed by atoms with E-state index >= 15 is 0 Å². The largest absolute Gasteiger partial charge is 1.00 e. The minimum absolute atomic E-state index is 0. The number of nitrogens with one attached hydrogen (secondary N) is 1. The van der Waals surface area contributed by atoms with Crippen LogP contribution in [0.15, 0.2) is 70.9 Å². The minimum atomic E-state index is -0.0220. The first-order chi connectivity index (χ1) is 15.6. The van der Waals surface area contributed by atoms with Gasteiger partial charge in [-0.3, -0.25) is 9.13 Å². The Hall–Kier alpha value is -2.81. The Kier molecular flexibility index (Phi) is 8.94. The molecule has 7 nitrogen and oxygen atoms in total. The number of thioether (sulfide) groups is 1. The predicted octanol–water partition coefficient (Wildman–Crippen LogP) is 0.522. The molecule has 0 saturated heterocycles. The maximum Gasteiger partial charge on any atom is 0.328 e. The SMILES string of the molecule is Cn1c(=O)n(C)c2cc(COc3ccc(CNCCCSc4ncccn4)cc3)ccc21.[Cl-]. The number of imidazole rings is 1. The monoisotopic (exact) mass is 484 g/mol. The highest BCUT2D eigenvalue weighted by Crippen LogP contribution is 2.18. The van der Waals surface area contributed by atoms with Crippen molar-refractivity contribution >= 4 is 22.8 Å². The number of hydrogen-bond acceptors (Lipinski definition) is 6. The lowest BCUT2D eigenvalue weighted by Crippen LogP contribution is -3.00. The molecule has 0 saturated carbocycles. The molecule has 0 unspecified atom stereocenters. The van der Waals surface area contributed by atoms with Crippen molar-refractivity contribution < 1.29 is 17.1 Å². The van der Waals surface area contributed by atoms with Gasteiger partial charge in [0, 0.05) is 38.8 Å². The van der Waals surface area contributed by atoms with E-state index in [1.807, 2.05) is 36.4 Å². The molecule has 0 radical (unpaired) electrons. The van der Waals surface area contributed by atoms with Crippen molar-refractivity contribution in [1.82, 2.24) is 24.4 Å². The van der Waals surface area contributed by atoms with E-state index in [0.29, 0.717) is 6.61 Å². The number of benzene rings is 2. The lowest BCUT2D eigenvalue weighted by atomic mass is 10.2. The smallest absolute Gasteiger partial charge is 0.328 e. The number of ether oxygens (including phenoxy) is 1.